The van der Waals surface area contributed by atoms with Gasteiger partial charge in [0.2, 0.25) is 5.91 Å². The second-order valence-corrected chi connectivity index (χ2v) is 6.52. The van der Waals surface area contributed by atoms with Crippen molar-refractivity contribution in [3.05, 3.63) is 24.3 Å². The number of carbonyl (C=O) groups is 3. The molecule has 0 fully saturated rings. The zero-order chi connectivity index (χ0) is 23.0. The number of aliphatic carboxylic acids is 2. The molecule has 0 heterocycles. The molecule has 0 rings (SSSR count). The van der Waals surface area contributed by atoms with Gasteiger partial charge in [0.15, 0.2) is 0 Å². The van der Waals surface area contributed by atoms with E-state index in [4.69, 9.17) is 5.11 Å². The Labute approximate surface area is 215 Å². The van der Waals surface area contributed by atoms with Crippen molar-refractivity contribution >= 4 is 61.5 Å². The molecule has 0 unspecified atom stereocenters. The maximum Gasteiger partial charge on any atom is 2.00 e. The Morgan fingerprint density at radius 3 is 1.90 bits per heavy atom. The van der Waals surface area contributed by atoms with Gasteiger partial charge in [-0.2, -0.15) is 0 Å². The van der Waals surface area contributed by atoms with Gasteiger partial charge < -0.3 is 30.4 Å². The van der Waals surface area contributed by atoms with Gasteiger partial charge in [0.05, 0.1) is 6.42 Å². The average Bonchev–Trinajstić information content (AvgIpc) is 2.67. The minimum Gasteiger partial charge on any atom is -0.862 e. The van der Waals surface area contributed by atoms with E-state index in [1.807, 2.05) is 26.0 Å². The molecule has 0 aliphatic rings. The van der Waals surface area contributed by atoms with E-state index in [1.54, 1.807) is 0 Å². The summed E-state index contributed by atoms with van der Waals surface area (Å²) in [6.07, 6.45) is 14.4. The van der Waals surface area contributed by atoms with Gasteiger partial charge in [-0.15, -0.1) is 0 Å². The fourth-order valence-corrected chi connectivity index (χ4v) is 2.17. The van der Waals surface area contributed by atoms with Crippen molar-refractivity contribution in [2.45, 2.75) is 78.1 Å². The molecule has 0 bridgehead atoms. The van der Waals surface area contributed by atoms with Gasteiger partial charge in [0.1, 0.15) is 0 Å². The Morgan fingerprint density at radius 2 is 1.42 bits per heavy atom. The molecule has 172 valence electrons. The monoisotopic (exact) mass is 464 g/mol. The second-order valence-electron chi connectivity index (χ2n) is 6.52. The third kappa shape index (κ3) is 33.5. The average molecular weight is 465 g/mol. The molecular formula is C22H36CaN2O6. The van der Waals surface area contributed by atoms with E-state index < -0.39 is 11.9 Å². The van der Waals surface area contributed by atoms with Crippen LogP contribution in [0.3, 0.4) is 0 Å². The molecule has 0 saturated carbocycles. The molecule has 0 atom stereocenters. The van der Waals surface area contributed by atoms with Crippen molar-refractivity contribution in [2.75, 3.05) is 13.1 Å². The van der Waals surface area contributed by atoms with Gasteiger partial charge in [-0.3, -0.25) is 9.59 Å². The van der Waals surface area contributed by atoms with Crippen molar-refractivity contribution in [3.63, 3.8) is 0 Å². The molecule has 0 saturated heterocycles. The van der Waals surface area contributed by atoms with E-state index in [0.717, 1.165) is 38.5 Å². The normalized spacial score (nSPS) is 11.0. The van der Waals surface area contributed by atoms with Crippen LogP contribution in [-0.2, 0) is 14.4 Å². The van der Waals surface area contributed by atoms with Crippen LogP contribution in [0.5, 0.6) is 0 Å². The molecule has 0 aliphatic heterocycles. The minimum absolute atomic E-state index is 0. The van der Waals surface area contributed by atoms with E-state index in [2.05, 4.69) is 22.5 Å². The Hall–Kier alpha value is -1.38. The van der Waals surface area contributed by atoms with Crippen LogP contribution in [0.1, 0.15) is 78.1 Å². The number of allylic oxidation sites excluding steroid dienone is 4. The number of carboxylic acids is 2. The number of hydrogen-bond acceptors (Lipinski definition) is 6. The topological polar surface area (TPSA) is 142 Å². The Kier molecular flexibility index (Phi) is 29.4. The molecule has 1 amide bonds. The molecule has 0 aliphatic carbocycles. The van der Waals surface area contributed by atoms with Gasteiger partial charge in [0, 0.05) is 31.9 Å². The molecule has 0 radical (unpaired) electrons. The maximum absolute atomic E-state index is 11.1. The van der Waals surface area contributed by atoms with Crippen molar-refractivity contribution in [3.8, 4) is 0 Å². The summed E-state index contributed by atoms with van der Waals surface area (Å²) >= 11 is 0. The number of rotatable bonds is 16. The first kappa shape index (κ1) is 34.2. The molecule has 2 N–H and O–H groups in total. The minimum atomic E-state index is -1.17. The summed E-state index contributed by atoms with van der Waals surface area (Å²) in [5.74, 6) is -2.32. The Bertz CT molecular complexity index is 562. The van der Waals surface area contributed by atoms with Crippen molar-refractivity contribution < 1.29 is 29.7 Å². The number of carbonyl (C=O) groups excluding carboxylic acids is 2. The molecule has 0 aromatic rings. The smallest absolute Gasteiger partial charge is 0.862 e. The van der Waals surface area contributed by atoms with E-state index in [-0.39, 0.29) is 75.5 Å². The van der Waals surface area contributed by atoms with Gasteiger partial charge in [-0.05, 0) is 64.7 Å². The summed E-state index contributed by atoms with van der Waals surface area (Å²) in [6, 6.07) is 0. The second kappa shape index (κ2) is 26.7. The molecule has 0 spiro atoms. The molecule has 9 heteroatoms. The Balaban J connectivity index is -0.000000490. The van der Waals surface area contributed by atoms with Crippen LogP contribution in [-0.4, -0.2) is 79.7 Å². The first-order valence-electron chi connectivity index (χ1n) is 10.4. The number of amides is 1. The molecule has 31 heavy (non-hydrogen) atoms. The van der Waals surface area contributed by atoms with Crippen LogP contribution in [0.15, 0.2) is 29.3 Å². The number of carboxylic acid groups (broad SMARTS) is 2. The van der Waals surface area contributed by atoms with Crippen LogP contribution in [0.25, 0.3) is 0 Å². The Morgan fingerprint density at radius 1 is 0.871 bits per heavy atom. The van der Waals surface area contributed by atoms with Crippen LogP contribution < -0.4 is 15.5 Å². The van der Waals surface area contributed by atoms with E-state index >= 15 is 0 Å². The van der Waals surface area contributed by atoms with Gasteiger partial charge in [-0.25, -0.2) is 0 Å². The summed E-state index contributed by atoms with van der Waals surface area (Å²) in [5.41, 5.74) is 0. The molecule has 0 aromatic heterocycles. The van der Waals surface area contributed by atoms with E-state index in [1.165, 1.54) is 0 Å². The summed E-state index contributed by atoms with van der Waals surface area (Å²) in [7, 11) is 0. The summed E-state index contributed by atoms with van der Waals surface area (Å²) < 4.78 is 0. The predicted molar refractivity (Wildman–Crippen MR) is 120 cm³/mol. The fourth-order valence-electron chi connectivity index (χ4n) is 2.17. The number of hydrogen-bond donors (Lipinski definition) is 2. The van der Waals surface area contributed by atoms with Gasteiger partial charge >= 0.3 is 43.7 Å². The third-order valence-corrected chi connectivity index (χ3v) is 3.77. The summed E-state index contributed by atoms with van der Waals surface area (Å²) in [4.78, 5) is 34.9. The SMILES string of the molecule is C/C=C/CCCCC(=O)NCCC(=O)O.C/C=C/CCCCC([O-])=NCCC(=O)[O-].[Ca+2]. The zero-order valence-corrected chi connectivity index (χ0v) is 21.1. The quantitative estimate of drug-likeness (QED) is 0.116. The summed E-state index contributed by atoms with van der Waals surface area (Å²) in [6.45, 7) is 4.19. The molecule has 0 aromatic carbocycles. The van der Waals surface area contributed by atoms with Crippen LogP contribution in [0.4, 0.5) is 0 Å². The van der Waals surface area contributed by atoms with Gasteiger partial charge in [-0.1, -0.05) is 24.3 Å². The van der Waals surface area contributed by atoms with Crippen LogP contribution in [0.2, 0.25) is 0 Å². The standard InChI is InChI=1S/2C11H19NO3.Ca/c2*1-2-3-4-5-6-7-10(13)12-9-8-11(14)15;/h2*2-3H,4-9H2,1H3,(H,12,13)(H,14,15);/q;;+2/p-2/b2*3-2+;. The summed E-state index contributed by atoms with van der Waals surface area (Å²) in [5, 5.41) is 32.0. The zero-order valence-electron chi connectivity index (χ0n) is 18.9. The van der Waals surface area contributed by atoms with Gasteiger partial charge in [0.25, 0.3) is 0 Å². The largest absolute Gasteiger partial charge is 2.00 e. The van der Waals surface area contributed by atoms with Crippen LogP contribution in [0, 0.1) is 0 Å². The number of nitrogens with one attached hydrogen (secondary N) is 1. The van der Waals surface area contributed by atoms with Crippen molar-refractivity contribution in [2.24, 2.45) is 4.99 Å². The number of unbranched alkanes of at least 4 members (excludes halogenated alkanes) is 4. The third-order valence-electron chi connectivity index (χ3n) is 3.77. The molecular weight excluding hydrogens is 428 g/mol. The predicted octanol–water partition coefficient (Wildman–Crippen LogP) is 1.35. The van der Waals surface area contributed by atoms with E-state index in [0.29, 0.717) is 12.8 Å². The first-order chi connectivity index (χ1) is 14.3. The van der Waals surface area contributed by atoms with Crippen molar-refractivity contribution in [1.29, 1.82) is 0 Å². The van der Waals surface area contributed by atoms with Crippen molar-refractivity contribution in [1.82, 2.24) is 5.32 Å². The number of aliphatic imine (C=N–C) groups is 1. The maximum atomic E-state index is 11.1. The molecule has 8 nitrogen and oxygen atoms in total. The van der Waals surface area contributed by atoms with Crippen LogP contribution >= 0.6 is 0 Å². The van der Waals surface area contributed by atoms with E-state index in [9.17, 15) is 24.6 Å². The fraction of sp³-hybridized carbons (Fsp3) is 0.636. The number of nitrogens with zero attached hydrogens (tertiary/aromatic N) is 1. The first-order valence-corrected chi connectivity index (χ1v) is 10.4.